The van der Waals surface area contributed by atoms with Crippen LogP contribution in [0.25, 0.3) is 0 Å². The van der Waals surface area contributed by atoms with Crippen molar-refractivity contribution in [1.29, 1.82) is 0 Å². The predicted octanol–water partition coefficient (Wildman–Crippen LogP) is 4.37. The minimum absolute atomic E-state index is 0.197. The fraction of sp³-hybridized carbons (Fsp3) is 0.632. The number of aliphatic imine (C=N–C) groups is 1. The summed E-state index contributed by atoms with van der Waals surface area (Å²) >= 11 is 0. The third kappa shape index (κ3) is 2.86. The second-order valence-electron chi connectivity index (χ2n) is 7.96. The number of nitroso groups, excluding NO2 is 1. The number of hydrogen-bond acceptors (Lipinski definition) is 5. The number of amidine groups is 1. The van der Waals surface area contributed by atoms with Gasteiger partial charge in [0, 0.05) is 6.04 Å². The molecular weight excluding hydrogens is 350 g/mol. The van der Waals surface area contributed by atoms with Crippen molar-refractivity contribution in [2.45, 2.75) is 69.9 Å². The monoisotopic (exact) mass is 375 g/mol. The molecule has 0 unspecified atom stereocenters. The zero-order valence-electron chi connectivity index (χ0n) is 15.1. The summed E-state index contributed by atoms with van der Waals surface area (Å²) in [6.45, 7) is 1.83. The van der Waals surface area contributed by atoms with Gasteiger partial charge >= 0.3 is 0 Å². The van der Waals surface area contributed by atoms with Crippen LogP contribution in [0.2, 0.25) is 0 Å². The Kier molecular flexibility index (Phi) is 4.37. The van der Waals surface area contributed by atoms with E-state index in [9.17, 15) is 13.3 Å². The Hall–Kier alpha value is -1.76. The molecule has 0 N–H and O–H groups in total. The smallest absolute Gasteiger partial charge is 0.224 e. The second-order valence-corrected chi connectivity index (χ2v) is 9.84. The quantitative estimate of drug-likeness (QED) is 0.735. The van der Waals surface area contributed by atoms with E-state index in [1.807, 2.05) is 6.92 Å². The Morgan fingerprint density at radius 1 is 1.12 bits per heavy atom. The molecule has 0 radical (unpaired) electrons. The molecule has 1 aliphatic heterocycles. The van der Waals surface area contributed by atoms with Crippen LogP contribution in [-0.4, -0.2) is 35.8 Å². The number of sulfone groups is 1. The van der Waals surface area contributed by atoms with Crippen LogP contribution in [0.5, 0.6) is 0 Å². The van der Waals surface area contributed by atoms with Gasteiger partial charge in [-0.2, -0.15) is 0 Å². The zero-order valence-corrected chi connectivity index (χ0v) is 16.0. The second kappa shape index (κ2) is 6.44. The van der Waals surface area contributed by atoms with Crippen LogP contribution < -0.4 is 0 Å². The third-order valence-electron chi connectivity index (χ3n) is 6.18. The molecule has 6 nitrogen and oxygen atoms in total. The van der Waals surface area contributed by atoms with Crippen molar-refractivity contribution < 1.29 is 8.42 Å². The maximum absolute atomic E-state index is 13.1. The number of rotatable bonds is 3. The molecule has 0 bridgehead atoms. The molecule has 1 aromatic carbocycles. The maximum Gasteiger partial charge on any atom is 0.224 e. The largest absolute Gasteiger partial charge is 0.337 e. The summed E-state index contributed by atoms with van der Waals surface area (Å²) in [5, 5.41) is 3.19. The first-order valence-electron chi connectivity index (χ1n) is 9.50. The van der Waals surface area contributed by atoms with E-state index in [0.717, 1.165) is 56.9 Å². The highest BCUT2D eigenvalue weighted by Gasteiger charge is 2.56. The molecule has 2 saturated carbocycles. The maximum atomic E-state index is 13.1. The van der Waals surface area contributed by atoms with Crippen LogP contribution >= 0.6 is 0 Å². The molecule has 1 aromatic rings. The standard InChI is InChI=1S/C19H25N3O3S/c1-14-12-15(21-23)8-9-17(14)20-18-22(16-6-2-3-7-16)19(10-4-5-11-19)13-26(18,24)25/h8-9,12,16H,2-7,10-11,13H2,1H3. The van der Waals surface area contributed by atoms with E-state index in [4.69, 9.17) is 0 Å². The fourth-order valence-corrected chi connectivity index (χ4v) is 7.16. The van der Waals surface area contributed by atoms with Crippen LogP contribution in [-0.2, 0) is 9.84 Å². The molecule has 1 heterocycles. The summed E-state index contributed by atoms with van der Waals surface area (Å²) < 4.78 is 26.2. The van der Waals surface area contributed by atoms with Crippen LogP contribution in [0.3, 0.4) is 0 Å². The van der Waals surface area contributed by atoms with Crippen molar-refractivity contribution in [3.63, 3.8) is 0 Å². The first-order chi connectivity index (χ1) is 12.5. The lowest BCUT2D eigenvalue weighted by Gasteiger charge is -2.39. The molecular formula is C19H25N3O3S. The SMILES string of the molecule is Cc1cc(N=O)ccc1N=C1N(C2CCCC2)C2(CCCC2)CS1(=O)=O. The van der Waals surface area contributed by atoms with Crippen LogP contribution in [0.15, 0.2) is 28.4 Å². The van der Waals surface area contributed by atoms with Crippen molar-refractivity contribution in [3.05, 3.63) is 28.7 Å². The summed E-state index contributed by atoms with van der Waals surface area (Å²) in [6.07, 6.45) is 8.46. The molecule has 3 aliphatic rings. The van der Waals surface area contributed by atoms with Crippen molar-refractivity contribution in [3.8, 4) is 0 Å². The Labute approximate surface area is 154 Å². The van der Waals surface area contributed by atoms with Crippen molar-refractivity contribution in [1.82, 2.24) is 4.90 Å². The van der Waals surface area contributed by atoms with E-state index < -0.39 is 9.84 Å². The van der Waals surface area contributed by atoms with E-state index in [-0.39, 0.29) is 22.5 Å². The van der Waals surface area contributed by atoms with Crippen LogP contribution in [0.4, 0.5) is 11.4 Å². The predicted molar refractivity (Wildman–Crippen MR) is 103 cm³/mol. The van der Waals surface area contributed by atoms with E-state index in [1.165, 1.54) is 0 Å². The zero-order chi connectivity index (χ0) is 18.4. The fourth-order valence-electron chi connectivity index (χ4n) is 5.01. The van der Waals surface area contributed by atoms with Gasteiger partial charge in [-0.25, -0.2) is 13.4 Å². The normalized spacial score (nSPS) is 26.2. The average Bonchev–Trinajstić information content (AvgIpc) is 3.31. The number of hydrogen-bond donors (Lipinski definition) is 0. The number of benzene rings is 1. The lowest BCUT2D eigenvalue weighted by Crippen LogP contribution is -2.50. The van der Waals surface area contributed by atoms with Crippen molar-refractivity contribution in [2.75, 3.05) is 5.75 Å². The van der Waals surface area contributed by atoms with Crippen molar-refractivity contribution in [2.24, 2.45) is 10.2 Å². The third-order valence-corrected chi connectivity index (χ3v) is 7.94. The van der Waals surface area contributed by atoms with Crippen LogP contribution in [0, 0.1) is 11.8 Å². The first kappa shape index (κ1) is 17.6. The molecule has 1 spiro atoms. The number of aryl methyl sites for hydroxylation is 1. The number of nitrogens with zero attached hydrogens (tertiary/aromatic N) is 3. The summed E-state index contributed by atoms with van der Waals surface area (Å²) in [7, 11) is -3.41. The van der Waals surface area contributed by atoms with Gasteiger partial charge in [0.2, 0.25) is 15.0 Å². The highest BCUT2D eigenvalue weighted by Crippen LogP contribution is 2.46. The van der Waals surface area contributed by atoms with Gasteiger partial charge in [0.25, 0.3) is 0 Å². The van der Waals surface area contributed by atoms with E-state index in [0.29, 0.717) is 11.4 Å². The Bertz CT molecular complexity index is 851. The summed E-state index contributed by atoms with van der Waals surface area (Å²) in [6, 6.07) is 5.22. The average molecular weight is 375 g/mol. The molecule has 4 rings (SSSR count). The van der Waals surface area contributed by atoms with Gasteiger partial charge in [0.05, 0.1) is 17.0 Å². The Balaban J connectivity index is 1.82. The van der Waals surface area contributed by atoms with Gasteiger partial charge in [-0.05, 0) is 61.5 Å². The van der Waals surface area contributed by atoms with Gasteiger partial charge in [0.1, 0.15) is 5.69 Å². The van der Waals surface area contributed by atoms with Gasteiger partial charge < -0.3 is 4.90 Å². The summed E-state index contributed by atoms with van der Waals surface area (Å²) in [5.41, 5.74) is 1.45. The molecule has 140 valence electrons. The summed E-state index contributed by atoms with van der Waals surface area (Å²) in [4.78, 5) is 17.6. The van der Waals surface area contributed by atoms with E-state index in [2.05, 4.69) is 15.1 Å². The first-order valence-corrected chi connectivity index (χ1v) is 11.2. The Morgan fingerprint density at radius 3 is 2.42 bits per heavy atom. The van der Waals surface area contributed by atoms with Gasteiger partial charge in [-0.3, -0.25) is 0 Å². The highest BCUT2D eigenvalue weighted by atomic mass is 32.2. The lowest BCUT2D eigenvalue weighted by atomic mass is 9.95. The molecule has 3 fully saturated rings. The van der Waals surface area contributed by atoms with Gasteiger partial charge in [-0.1, -0.05) is 25.7 Å². The minimum atomic E-state index is -3.41. The van der Waals surface area contributed by atoms with Gasteiger partial charge in [-0.15, -0.1) is 4.91 Å². The Morgan fingerprint density at radius 2 is 1.81 bits per heavy atom. The van der Waals surface area contributed by atoms with E-state index >= 15 is 0 Å². The molecule has 7 heteroatoms. The van der Waals surface area contributed by atoms with Crippen LogP contribution in [0.1, 0.15) is 56.9 Å². The lowest BCUT2D eigenvalue weighted by molar-refractivity contribution is 0.162. The minimum Gasteiger partial charge on any atom is -0.337 e. The molecule has 2 aliphatic carbocycles. The topological polar surface area (TPSA) is 79.2 Å². The molecule has 0 aromatic heterocycles. The van der Waals surface area contributed by atoms with Crippen molar-refractivity contribution >= 4 is 26.4 Å². The van der Waals surface area contributed by atoms with E-state index in [1.54, 1.807) is 18.2 Å². The molecule has 1 saturated heterocycles. The van der Waals surface area contributed by atoms with Gasteiger partial charge in [0.15, 0.2) is 0 Å². The summed E-state index contributed by atoms with van der Waals surface area (Å²) in [5.74, 6) is 0.197. The highest BCUT2D eigenvalue weighted by molar-refractivity contribution is 8.06. The molecule has 0 atom stereocenters. The molecule has 26 heavy (non-hydrogen) atoms. The molecule has 0 amide bonds.